The number of anilines is 1. The molecule has 2 rings (SSSR count). The van der Waals surface area contributed by atoms with Gasteiger partial charge in [0.15, 0.2) is 0 Å². The minimum absolute atomic E-state index is 0.0117. The molecule has 0 aliphatic carbocycles. The minimum Gasteiger partial charge on any atom is -0.507 e. The van der Waals surface area contributed by atoms with Gasteiger partial charge in [0.05, 0.1) is 15.7 Å². The van der Waals surface area contributed by atoms with Gasteiger partial charge < -0.3 is 15.5 Å². The van der Waals surface area contributed by atoms with Crippen molar-refractivity contribution >= 4 is 34.8 Å². The number of carbonyl (C=O) groups is 1. The van der Waals surface area contributed by atoms with E-state index in [4.69, 9.17) is 23.2 Å². The van der Waals surface area contributed by atoms with E-state index in [0.717, 1.165) is 12.1 Å². The van der Waals surface area contributed by atoms with E-state index >= 15 is 0 Å². The molecule has 2 aromatic carbocycles. The molecule has 3 N–H and O–H groups in total. The topological polar surface area (TPSA) is 69.6 Å². The Hall–Kier alpha value is -1.98. The summed E-state index contributed by atoms with van der Waals surface area (Å²) in [5, 5.41) is 21.3. The van der Waals surface area contributed by atoms with Crippen molar-refractivity contribution in [1.29, 1.82) is 0 Å². The van der Waals surface area contributed by atoms with Crippen LogP contribution < -0.4 is 5.32 Å². The van der Waals surface area contributed by atoms with Crippen LogP contribution in [0.1, 0.15) is 10.4 Å². The molecule has 0 spiro atoms. The van der Waals surface area contributed by atoms with Crippen molar-refractivity contribution < 1.29 is 19.4 Å². The van der Waals surface area contributed by atoms with E-state index in [1.54, 1.807) is 0 Å². The zero-order valence-corrected chi connectivity index (χ0v) is 11.3. The maximum absolute atomic E-state index is 13.0. The van der Waals surface area contributed by atoms with Crippen molar-refractivity contribution in [3.63, 3.8) is 0 Å². The number of hydrogen-bond donors (Lipinski definition) is 3. The zero-order chi connectivity index (χ0) is 14.9. The zero-order valence-electron chi connectivity index (χ0n) is 9.82. The van der Waals surface area contributed by atoms with Gasteiger partial charge in [-0.05, 0) is 24.3 Å². The Morgan fingerprint density at radius 3 is 2.10 bits per heavy atom. The highest BCUT2D eigenvalue weighted by Crippen LogP contribution is 2.33. The number of phenols is 2. The molecule has 0 fully saturated rings. The van der Waals surface area contributed by atoms with E-state index in [0.29, 0.717) is 0 Å². The number of amides is 1. The van der Waals surface area contributed by atoms with Crippen LogP contribution in [0.25, 0.3) is 0 Å². The molecule has 0 unspecified atom stereocenters. The van der Waals surface area contributed by atoms with E-state index in [1.807, 2.05) is 0 Å². The molecule has 104 valence electrons. The van der Waals surface area contributed by atoms with Crippen LogP contribution in [0.5, 0.6) is 11.5 Å². The Morgan fingerprint density at radius 2 is 1.60 bits per heavy atom. The fourth-order valence-electron chi connectivity index (χ4n) is 1.60. The Balaban J connectivity index is 2.38. The molecule has 0 heterocycles. The SMILES string of the molecule is O=C(Nc1c(Cl)cc(F)cc1Cl)c1c(O)cccc1O. The first kappa shape index (κ1) is 14.4. The Kier molecular flexibility index (Phi) is 4.01. The van der Waals surface area contributed by atoms with Crippen molar-refractivity contribution in [2.24, 2.45) is 0 Å². The summed E-state index contributed by atoms with van der Waals surface area (Å²) in [5.74, 6) is -2.28. The van der Waals surface area contributed by atoms with Gasteiger partial charge in [-0.2, -0.15) is 0 Å². The standard InChI is InChI=1S/C13H8Cl2FNO3/c14-7-4-6(16)5-8(15)12(7)17-13(20)11-9(18)2-1-3-10(11)19/h1-5,18-19H,(H,17,20). The molecule has 1 amide bonds. The van der Waals surface area contributed by atoms with Gasteiger partial charge in [0, 0.05) is 0 Å². The van der Waals surface area contributed by atoms with Gasteiger partial charge in [-0.3, -0.25) is 4.79 Å². The summed E-state index contributed by atoms with van der Waals surface area (Å²) >= 11 is 11.6. The van der Waals surface area contributed by atoms with E-state index in [1.165, 1.54) is 18.2 Å². The molecule has 2 aromatic rings. The summed E-state index contributed by atoms with van der Waals surface area (Å²) < 4.78 is 13.0. The minimum atomic E-state index is -0.823. The van der Waals surface area contributed by atoms with Gasteiger partial charge in [-0.15, -0.1) is 0 Å². The van der Waals surface area contributed by atoms with Gasteiger partial charge in [0.25, 0.3) is 5.91 Å². The Labute approximate surface area is 123 Å². The molecule has 0 aliphatic rings. The van der Waals surface area contributed by atoms with Crippen LogP contribution in [0.3, 0.4) is 0 Å². The summed E-state index contributed by atoms with van der Waals surface area (Å²) in [5.41, 5.74) is -0.341. The van der Waals surface area contributed by atoms with Crippen molar-refractivity contribution in [2.45, 2.75) is 0 Å². The van der Waals surface area contributed by atoms with Crippen LogP contribution in [0.2, 0.25) is 10.0 Å². The number of rotatable bonds is 2. The number of benzene rings is 2. The normalized spacial score (nSPS) is 10.3. The Morgan fingerprint density at radius 1 is 1.10 bits per heavy atom. The fraction of sp³-hybridized carbons (Fsp3) is 0. The molecule has 0 aliphatic heterocycles. The number of halogens is 3. The quantitative estimate of drug-likeness (QED) is 0.789. The average molecular weight is 316 g/mol. The molecule has 0 saturated carbocycles. The number of aromatic hydroxyl groups is 2. The maximum Gasteiger partial charge on any atom is 0.263 e. The maximum atomic E-state index is 13.0. The van der Waals surface area contributed by atoms with Crippen LogP contribution >= 0.6 is 23.2 Å². The van der Waals surface area contributed by atoms with Gasteiger partial charge in [-0.25, -0.2) is 4.39 Å². The van der Waals surface area contributed by atoms with Crippen molar-refractivity contribution in [3.8, 4) is 11.5 Å². The van der Waals surface area contributed by atoms with Gasteiger partial charge in [0.1, 0.15) is 22.9 Å². The van der Waals surface area contributed by atoms with E-state index in [2.05, 4.69) is 5.32 Å². The Bertz CT molecular complexity index is 648. The second-order valence-electron chi connectivity index (χ2n) is 3.87. The van der Waals surface area contributed by atoms with Gasteiger partial charge >= 0.3 is 0 Å². The van der Waals surface area contributed by atoms with Crippen LogP contribution in [0, 0.1) is 5.82 Å². The van der Waals surface area contributed by atoms with E-state index in [-0.39, 0.29) is 21.3 Å². The lowest BCUT2D eigenvalue weighted by Gasteiger charge is -2.11. The van der Waals surface area contributed by atoms with Crippen molar-refractivity contribution in [3.05, 3.63) is 51.8 Å². The van der Waals surface area contributed by atoms with E-state index in [9.17, 15) is 19.4 Å². The van der Waals surface area contributed by atoms with E-state index < -0.39 is 23.2 Å². The lowest BCUT2D eigenvalue weighted by atomic mass is 10.1. The first-order valence-corrected chi connectivity index (χ1v) is 6.12. The summed E-state index contributed by atoms with van der Waals surface area (Å²) in [7, 11) is 0. The third kappa shape index (κ3) is 2.79. The number of hydrogen-bond acceptors (Lipinski definition) is 3. The lowest BCUT2D eigenvalue weighted by molar-refractivity contribution is 0.102. The third-order valence-electron chi connectivity index (χ3n) is 2.49. The largest absolute Gasteiger partial charge is 0.507 e. The predicted molar refractivity (Wildman–Crippen MR) is 74.1 cm³/mol. The second kappa shape index (κ2) is 5.56. The van der Waals surface area contributed by atoms with Crippen molar-refractivity contribution in [2.75, 3.05) is 5.32 Å². The van der Waals surface area contributed by atoms with Gasteiger partial charge in [0.2, 0.25) is 0 Å². The highest BCUT2D eigenvalue weighted by molar-refractivity contribution is 6.40. The van der Waals surface area contributed by atoms with Crippen LogP contribution in [-0.2, 0) is 0 Å². The van der Waals surface area contributed by atoms with Crippen LogP contribution in [0.4, 0.5) is 10.1 Å². The highest BCUT2D eigenvalue weighted by atomic mass is 35.5. The smallest absolute Gasteiger partial charge is 0.263 e. The molecule has 4 nitrogen and oxygen atoms in total. The molecular weight excluding hydrogens is 308 g/mol. The number of phenolic OH excluding ortho intramolecular Hbond substituents is 2. The molecular formula is C13H8Cl2FNO3. The molecule has 0 aromatic heterocycles. The first-order chi connectivity index (χ1) is 9.40. The average Bonchev–Trinajstić information content (AvgIpc) is 2.33. The summed E-state index contributed by atoms with van der Waals surface area (Å²) in [6, 6.07) is 5.81. The molecule has 0 saturated heterocycles. The van der Waals surface area contributed by atoms with Gasteiger partial charge in [-0.1, -0.05) is 29.3 Å². The van der Waals surface area contributed by atoms with Crippen LogP contribution in [-0.4, -0.2) is 16.1 Å². The number of carbonyl (C=O) groups excluding carboxylic acids is 1. The number of nitrogens with one attached hydrogen (secondary N) is 1. The first-order valence-electron chi connectivity index (χ1n) is 5.37. The highest BCUT2D eigenvalue weighted by Gasteiger charge is 2.19. The molecule has 0 atom stereocenters. The molecule has 0 radical (unpaired) electrons. The monoisotopic (exact) mass is 315 g/mol. The fourth-order valence-corrected chi connectivity index (χ4v) is 2.15. The molecule has 7 heteroatoms. The lowest BCUT2D eigenvalue weighted by Crippen LogP contribution is -2.13. The summed E-state index contributed by atoms with van der Waals surface area (Å²) in [6.45, 7) is 0. The third-order valence-corrected chi connectivity index (χ3v) is 3.09. The molecule has 20 heavy (non-hydrogen) atoms. The second-order valence-corrected chi connectivity index (χ2v) is 4.68. The van der Waals surface area contributed by atoms with Crippen LogP contribution in [0.15, 0.2) is 30.3 Å². The van der Waals surface area contributed by atoms with Crippen molar-refractivity contribution in [1.82, 2.24) is 0 Å². The summed E-state index contributed by atoms with van der Waals surface area (Å²) in [4.78, 5) is 12.0. The molecule has 0 bridgehead atoms. The summed E-state index contributed by atoms with van der Waals surface area (Å²) in [6.07, 6.45) is 0. The predicted octanol–water partition coefficient (Wildman–Crippen LogP) is 3.80.